The van der Waals surface area contributed by atoms with Crippen LogP contribution in [-0.4, -0.2) is 0 Å². The fourth-order valence-corrected chi connectivity index (χ4v) is 1.59. The highest BCUT2D eigenvalue weighted by Crippen LogP contribution is 2.13. The van der Waals surface area contributed by atoms with Gasteiger partial charge in [-0.2, -0.15) is 0 Å². The fourth-order valence-electron chi connectivity index (χ4n) is 1.43. The predicted molar refractivity (Wildman–Crippen MR) is 60.6 cm³/mol. The van der Waals surface area contributed by atoms with Crippen LogP contribution >= 0.6 is 11.6 Å². The Hall–Kier alpha value is -1.39. The van der Waals surface area contributed by atoms with Gasteiger partial charge in [0, 0.05) is 18.2 Å². The lowest BCUT2D eigenvalue weighted by Crippen LogP contribution is -2.13. The van der Waals surface area contributed by atoms with Crippen LogP contribution in [-0.2, 0) is 13.1 Å². The topological polar surface area (TPSA) is 25.2 Å². The molecular weight excluding hydrogens is 248 g/mol. The number of benzene rings is 1. The zero-order chi connectivity index (χ0) is 12.3. The summed E-state index contributed by atoms with van der Waals surface area (Å²) in [6.07, 6.45) is 0. The molecule has 0 aliphatic heterocycles. The molecule has 1 N–H and O–H groups in total. The molecule has 1 aromatic carbocycles. The molecule has 0 fully saturated rings. The van der Waals surface area contributed by atoms with Crippen LogP contribution in [0.5, 0.6) is 0 Å². The Bertz CT molecular complexity index is 513. The number of nitrogens with one attached hydrogen (secondary N) is 1. The maximum Gasteiger partial charge on any atom is 0.193 e. The van der Waals surface area contributed by atoms with Crippen molar-refractivity contribution in [2.24, 2.45) is 0 Å². The third kappa shape index (κ3) is 3.28. The highest BCUT2D eigenvalue weighted by Gasteiger charge is 2.04. The molecule has 2 rings (SSSR count). The molecule has 0 radical (unpaired) electrons. The first-order valence-corrected chi connectivity index (χ1v) is 5.42. The van der Waals surface area contributed by atoms with Gasteiger partial charge in [0.05, 0.1) is 6.54 Å². The highest BCUT2D eigenvalue weighted by atomic mass is 35.5. The van der Waals surface area contributed by atoms with Crippen LogP contribution < -0.4 is 5.32 Å². The second-order valence-electron chi connectivity index (χ2n) is 3.55. The Labute approximate surface area is 102 Å². The first-order chi connectivity index (χ1) is 8.15. The van der Waals surface area contributed by atoms with Gasteiger partial charge in [-0.3, -0.25) is 0 Å². The lowest BCUT2D eigenvalue weighted by molar-refractivity contribution is 0.480. The van der Waals surface area contributed by atoms with Crippen LogP contribution in [0.3, 0.4) is 0 Å². The molecule has 1 heterocycles. The SMILES string of the molecule is Fc1ccc(CNCc2ccc(Cl)o2)c(F)c1. The van der Waals surface area contributed by atoms with Crippen LogP contribution in [0, 0.1) is 11.6 Å². The minimum atomic E-state index is -0.580. The molecule has 0 atom stereocenters. The van der Waals surface area contributed by atoms with E-state index >= 15 is 0 Å². The number of rotatable bonds is 4. The van der Waals surface area contributed by atoms with Gasteiger partial charge in [0.2, 0.25) is 0 Å². The van der Waals surface area contributed by atoms with Crippen molar-refractivity contribution < 1.29 is 13.2 Å². The van der Waals surface area contributed by atoms with E-state index in [1.165, 1.54) is 12.1 Å². The Morgan fingerprint density at radius 3 is 2.59 bits per heavy atom. The first-order valence-electron chi connectivity index (χ1n) is 5.04. The van der Waals surface area contributed by atoms with Crippen molar-refractivity contribution in [1.82, 2.24) is 5.32 Å². The minimum absolute atomic E-state index is 0.296. The molecule has 0 spiro atoms. The third-order valence-corrected chi connectivity index (χ3v) is 2.46. The largest absolute Gasteiger partial charge is 0.448 e. The van der Waals surface area contributed by atoms with Crippen molar-refractivity contribution in [3.63, 3.8) is 0 Å². The molecular formula is C12H10ClF2NO. The van der Waals surface area contributed by atoms with E-state index in [0.29, 0.717) is 29.6 Å². The predicted octanol–water partition coefficient (Wildman–Crippen LogP) is 3.50. The summed E-state index contributed by atoms with van der Waals surface area (Å²) >= 11 is 5.60. The molecule has 0 amide bonds. The Morgan fingerprint density at radius 1 is 1.12 bits per heavy atom. The van der Waals surface area contributed by atoms with Crippen molar-refractivity contribution in [1.29, 1.82) is 0 Å². The average Bonchev–Trinajstić information content (AvgIpc) is 2.68. The van der Waals surface area contributed by atoms with Gasteiger partial charge in [0.25, 0.3) is 0 Å². The Kier molecular flexibility index (Phi) is 3.76. The van der Waals surface area contributed by atoms with E-state index in [0.717, 1.165) is 6.07 Å². The second kappa shape index (κ2) is 5.29. The summed E-state index contributed by atoms with van der Waals surface area (Å²) in [5, 5.41) is 3.29. The fraction of sp³-hybridized carbons (Fsp3) is 0.167. The van der Waals surface area contributed by atoms with Gasteiger partial charge >= 0.3 is 0 Å². The molecule has 0 aliphatic rings. The van der Waals surface area contributed by atoms with Crippen LogP contribution in [0.1, 0.15) is 11.3 Å². The molecule has 0 unspecified atom stereocenters. The highest BCUT2D eigenvalue weighted by molar-refractivity contribution is 6.28. The van der Waals surface area contributed by atoms with Crippen LogP contribution in [0.2, 0.25) is 5.22 Å². The number of halogens is 3. The van der Waals surface area contributed by atoms with Gasteiger partial charge in [0.15, 0.2) is 5.22 Å². The van der Waals surface area contributed by atoms with Gasteiger partial charge in [-0.05, 0) is 29.8 Å². The van der Waals surface area contributed by atoms with Crippen molar-refractivity contribution >= 4 is 11.6 Å². The summed E-state index contributed by atoms with van der Waals surface area (Å²) in [6, 6.07) is 6.87. The smallest absolute Gasteiger partial charge is 0.193 e. The summed E-state index contributed by atoms with van der Waals surface area (Å²) < 4.78 is 31.0. The normalized spacial score (nSPS) is 10.8. The zero-order valence-electron chi connectivity index (χ0n) is 8.84. The van der Waals surface area contributed by atoms with E-state index in [-0.39, 0.29) is 0 Å². The van der Waals surface area contributed by atoms with Gasteiger partial charge < -0.3 is 9.73 Å². The molecule has 0 bridgehead atoms. The maximum absolute atomic E-state index is 13.3. The summed E-state index contributed by atoms with van der Waals surface area (Å²) in [5.74, 6) is -0.475. The lowest BCUT2D eigenvalue weighted by atomic mass is 10.2. The van der Waals surface area contributed by atoms with Gasteiger partial charge in [-0.1, -0.05) is 6.07 Å². The molecule has 90 valence electrons. The molecule has 2 nitrogen and oxygen atoms in total. The standard InChI is InChI=1S/C12H10ClF2NO/c13-12-4-3-10(17-12)7-16-6-8-1-2-9(14)5-11(8)15/h1-5,16H,6-7H2. The van der Waals surface area contributed by atoms with E-state index in [2.05, 4.69) is 5.32 Å². The average molecular weight is 258 g/mol. The van der Waals surface area contributed by atoms with E-state index < -0.39 is 11.6 Å². The van der Waals surface area contributed by atoms with Gasteiger partial charge in [-0.15, -0.1) is 0 Å². The summed E-state index contributed by atoms with van der Waals surface area (Å²) in [6.45, 7) is 0.730. The molecule has 0 aliphatic carbocycles. The van der Waals surface area contributed by atoms with Gasteiger partial charge in [0.1, 0.15) is 17.4 Å². The number of hydrogen-bond donors (Lipinski definition) is 1. The second-order valence-corrected chi connectivity index (χ2v) is 3.92. The zero-order valence-corrected chi connectivity index (χ0v) is 9.60. The van der Waals surface area contributed by atoms with Crippen molar-refractivity contribution in [2.75, 3.05) is 0 Å². The molecule has 0 saturated heterocycles. The summed E-state index contributed by atoms with van der Waals surface area (Å²) in [4.78, 5) is 0. The van der Waals surface area contributed by atoms with E-state index in [1.54, 1.807) is 12.1 Å². The first kappa shape index (κ1) is 12.1. The van der Waals surface area contributed by atoms with Crippen molar-refractivity contribution in [2.45, 2.75) is 13.1 Å². The van der Waals surface area contributed by atoms with E-state index in [9.17, 15) is 8.78 Å². The van der Waals surface area contributed by atoms with Gasteiger partial charge in [-0.25, -0.2) is 8.78 Å². The van der Waals surface area contributed by atoms with Crippen molar-refractivity contribution in [3.8, 4) is 0 Å². The summed E-state index contributed by atoms with van der Waals surface area (Å²) in [5.41, 5.74) is 0.407. The summed E-state index contributed by atoms with van der Waals surface area (Å²) in [7, 11) is 0. The molecule has 0 saturated carbocycles. The molecule has 17 heavy (non-hydrogen) atoms. The van der Waals surface area contributed by atoms with E-state index in [1.807, 2.05) is 0 Å². The van der Waals surface area contributed by atoms with E-state index in [4.69, 9.17) is 16.0 Å². The molecule has 2 aromatic rings. The molecule has 5 heteroatoms. The lowest BCUT2D eigenvalue weighted by Gasteiger charge is -2.04. The third-order valence-electron chi connectivity index (χ3n) is 2.26. The Morgan fingerprint density at radius 2 is 1.94 bits per heavy atom. The minimum Gasteiger partial charge on any atom is -0.448 e. The van der Waals surface area contributed by atoms with Crippen molar-refractivity contribution in [3.05, 3.63) is 58.5 Å². The quantitative estimate of drug-likeness (QED) is 0.907. The number of hydrogen-bond acceptors (Lipinski definition) is 2. The van der Waals surface area contributed by atoms with Crippen LogP contribution in [0.4, 0.5) is 8.78 Å². The Balaban J connectivity index is 1.90. The monoisotopic (exact) mass is 257 g/mol. The van der Waals surface area contributed by atoms with Crippen LogP contribution in [0.15, 0.2) is 34.7 Å². The maximum atomic E-state index is 13.3. The van der Waals surface area contributed by atoms with Crippen LogP contribution in [0.25, 0.3) is 0 Å². The molecule has 1 aromatic heterocycles. The number of furan rings is 1.